The van der Waals surface area contributed by atoms with E-state index < -0.39 is 5.97 Å². The van der Waals surface area contributed by atoms with Crippen LogP contribution in [-0.2, 0) is 4.74 Å². The number of ether oxygens (including phenoxy) is 2. The number of hydrogen-bond donors (Lipinski definition) is 2. The Morgan fingerprint density at radius 1 is 0.818 bits per heavy atom. The van der Waals surface area contributed by atoms with Gasteiger partial charge in [0.25, 0.3) is 0 Å². The Hall–Kier alpha value is -4.46. The lowest BCUT2D eigenvalue weighted by Crippen LogP contribution is -2.03. The molecule has 0 atom stereocenters. The average molecular weight is 443 g/mol. The van der Waals surface area contributed by atoms with Gasteiger partial charge in [-0.15, -0.1) is 0 Å². The van der Waals surface area contributed by atoms with E-state index in [2.05, 4.69) is 15.0 Å². The third kappa shape index (κ3) is 4.31. The monoisotopic (exact) mass is 443 g/mol. The lowest BCUT2D eigenvalue weighted by atomic mass is 10.1. The molecular formula is C25H21N3O5. The maximum Gasteiger partial charge on any atom is 0.337 e. The largest absolute Gasteiger partial charge is 0.507 e. The Labute approximate surface area is 190 Å². The molecule has 8 nitrogen and oxygen atoms in total. The van der Waals surface area contributed by atoms with E-state index in [0.717, 1.165) is 0 Å². The molecular weight excluding hydrogens is 422 g/mol. The van der Waals surface area contributed by atoms with Gasteiger partial charge in [0.1, 0.15) is 17.2 Å². The van der Waals surface area contributed by atoms with Crippen molar-refractivity contribution >= 4 is 5.97 Å². The lowest BCUT2D eigenvalue weighted by Gasteiger charge is -2.13. The topological polar surface area (TPSA) is 115 Å². The van der Waals surface area contributed by atoms with Crippen molar-refractivity contribution in [3.63, 3.8) is 0 Å². The zero-order valence-electron chi connectivity index (χ0n) is 18.2. The highest BCUT2D eigenvalue weighted by Gasteiger charge is 2.19. The van der Waals surface area contributed by atoms with Crippen molar-refractivity contribution in [2.75, 3.05) is 14.2 Å². The SMILES string of the molecule is COC(=O)c1ccc(-c2nc(-c3ccccc3O)nc(-c3c(C)cc(OC)cc3O)n2)cc1. The Kier molecular flexibility index (Phi) is 5.91. The zero-order valence-corrected chi connectivity index (χ0v) is 18.2. The number of aromatic nitrogens is 3. The van der Waals surface area contributed by atoms with Crippen molar-refractivity contribution in [1.82, 2.24) is 15.0 Å². The summed E-state index contributed by atoms with van der Waals surface area (Å²) in [6, 6.07) is 16.6. The summed E-state index contributed by atoms with van der Waals surface area (Å²) in [5.41, 5.74) is 2.54. The molecule has 33 heavy (non-hydrogen) atoms. The van der Waals surface area contributed by atoms with E-state index in [-0.39, 0.29) is 23.1 Å². The second kappa shape index (κ2) is 8.96. The van der Waals surface area contributed by atoms with Crippen LogP contribution in [0.15, 0.2) is 60.7 Å². The van der Waals surface area contributed by atoms with Gasteiger partial charge in [-0.05, 0) is 42.8 Å². The normalized spacial score (nSPS) is 10.6. The molecule has 0 aliphatic rings. The second-order valence-corrected chi connectivity index (χ2v) is 7.23. The van der Waals surface area contributed by atoms with E-state index in [1.807, 2.05) is 6.92 Å². The average Bonchev–Trinajstić information content (AvgIpc) is 2.83. The molecule has 1 aromatic heterocycles. The molecule has 0 aliphatic heterocycles. The van der Waals surface area contributed by atoms with Gasteiger partial charge in [0.2, 0.25) is 0 Å². The number of rotatable bonds is 5. The molecule has 0 amide bonds. The highest BCUT2D eigenvalue weighted by atomic mass is 16.5. The van der Waals surface area contributed by atoms with Gasteiger partial charge in [0, 0.05) is 11.6 Å². The lowest BCUT2D eigenvalue weighted by molar-refractivity contribution is 0.0600. The van der Waals surface area contributed by atoms with Gasteiger partial charge in [0.05, 0.1) is 30.9 Å². The van der Waals surface area contributed by atoms with E-state index in [9.17, 15) is 15.0 Å². The van der Waals surface area contributed by atoms with Crippen LogP contribution in [0.4, 0.5) is 0 Å². The van der Waals surface area contributed by atoms with Crippen LogP contribution >= 0.6 is 0 Å². The quantitative estimate of drug-likeness (QED) is 0.437. The van der Waals surface area contributed by atoms with Crippen LogP contribution in [0, 0.1) is 6.92 Å². The molecule has 0 bridgehead atoms. The Balaban J connectivity index is 1.92. The summed E-state index contributed by atoms with van der Waals surface area (Å²) in [5.74, 6) is 0.788. The minimum atomic E-state index is -0.452. The summed E-state index contributed by atoms with van der Waals surface area (Å²) >= 11 is 0. The van der Waals surface area contributed by atoms with Gasteiger partial charge >= 0.3 is 5.97 Å². The van der Waals surface area contributed by atoms with Crippen molar-refractivity contribution in [2.45, 2.75) is 6.92 Å². The van der Waals surface area contributed by atoms with E-state index in [1.165, 1.54) is 20.3 Å². The van der Waals surface area contributed by atoms with Gasteiger partial charge in [-0.1, -0.05) is 24.3 Å². The molecule has 1 heterocycles. The highest BCUT2D eigenvalue weighted by molar-refractivity contribution is 5.89. The summed E-state index contributed by atoms with van der Waals surface area (Å²) in [5, 5.41) is 21.0. The molecule has 166 valence electrons. The van der Waals surface area contributed by atoms with Gasteiger partial charge in [-0.3, -0.25) is 0 Å². The third-order valence-corrected chi connectivity index (χ3v) is 5.09. The molecule has 0 saturated heterocycles. The van der Waals surface area contributed by atoms with Crippen LogP contribution in [0.25, 0.3) is 34.2 Å². The number of esters is 1. The van der Waals surface area contributed by atoms with E-state index in [1.54, 1.807) is 54.6 Å². The predicted octanol–water partition coefficient (Wildman–Crippen LogP) is 4.39. The van der Waals surface area contributed by atoms with Crippen molar-refractivity contribution in [3.05, 3.63) is 71.8 Å². The number of methoxy groups -OCH3 is 2. The van der Waals surface area contributed by atoms with Crippen LogP contribution in [0.5, 0.6) is 17.2 Å². The fourth-order valence-corrected chi connectivity index (χ4v) is 3.42. The summed E-state index contributed by atoms with van der Waals surface area (Å²) in [6.07, 6.45) is 0. The van der Waals surface area contributed by atoms with Gasteiger partial charge in [-0.2, -0.15) is 0 Å². The molecule has 0 spiro atoms. The number of nitrogens with zero attached hydrogens (tertiary/aromatic N) is 3. The second-order valence-electron chi connectivity index (χ2n) is 7.23. The molecule has 4 aromatic rings. The maximum atomic E-state index is 11.8. The number of aromatic hydroxyl groups is 2. The number of aryl methyl sites for hydroxylation is 1. The first kappa shape index (κ1) is 21.8. The minimum absolute atomic E-state index is 0.0114. The van der Waals surface area contributed by atoms with E-state index in [0.29, 0.717) is 39.4 Å². The fourth-order valence-electron chi connectivity index (χ4n) is 3.42. The summed E-state index contributed by atoms with van der Waals surface area (Å²) in [7, 11) is 2.83. The Morgan fingerprint density at radius 3 is 2.12 bits per heavy atom. The first-order valence-electron chi connectivity index (χ1n) is 10.0. The summed E-state index contributed by atoms with van der Waals surface area (Å²) in [6.45, 7) is 1.81. The minimum Gasteiger partial charge on any atom is -0.507 e. The molecule has 3 aromatic carbocycles. The van der Waals surface area contributed by atoms with E-state index in [4.69, 9.17) is 9.47 Å². The fraction of sp³-hybridized carbons (Fsp3) is 0.120. The zero-order chi connectivity index (χ0) is 23.5. The van der Waals surface area contributed by atoms with Crippen LogP contribution in [0.3, 0.4) is 0 Å². The van der Waals surface area contributed by atoms with Gasteiger partial charge < -0.3 is 19.7 Å². The van der Waals surface area contributed by atoms with E-state index >= 15 is 0 Å². The van der Waals surface area contributed by atoms with Gasteiger partial charge in [-0.25, -0.2) is 19.7 Å². The third-order valence-electron chi connectivity index (χ3n) is 5.09. The number of hydrogen-bond acceptors (Lipinski definition) is 8. The van der Waals surface area contributed by atoms with Crippen molar-refractivity contribution in [2.24, 2.45) is 0 Å². The standard InChI is InChI=1S/C25H21N3O5/c1-14-12-17(32-2)13-20(30)21(14)24-27-22(15-8-10-16(11-9-15)25(31)33-3)26-23(28-24)18-6-4-5-7-19(18)29/h4-13,29-30H,1-3H3. The maximum absolute atomic E-state index is 11.8. The molecule has 4 rings (SSSR count). The first-order valence-corrected chi connectivity index (χ1v) is 10.0. The molecule has 8 heteroatoms. The van der Waals surface area contributed by atoms with Crippen molar-refractivity contribution in [3.8, 4) is 51.4 Å². The molecule has 2 N–H and O–H groups in total. The molecule has 0 saturated carbocycles. The summed E-state index contributed by atoms with van der Waals surface area (Å²) < 4.78 is 9.97. The van der Waals surface area contributed by atoms with Crippen LogP contribution in [-0.4, -0.2) is 45.4 Å². The number of phenols is 2. The van der Waals surface area contributed by atoms with Crippen molar-refractivity contribution in [1.29, 1.82) is 0 Å². The van der Waals surface area contributed by atoms with Crippen LogP contribution < -0.4 is 4.74 Å². The predicted molar refractivity (Wildman–Crippen MR) is 122 cm³/mol. The molecule has 0 fully saturated rings. The summed E-state index contributed by atoms with van der Waals surface area (Å²) in [4.78, 5) is 25.4. The van der Waals surface area contributed by atoms with Crippen LogP contribution in [0.2, 0.25) is 0 Å². The highest BCUT2D eigenvalue weighted by Crippen LogP contribution is 2.36. The number of phenolic OH excluding ortho intramolecular Hbond substituents is 2. The Bertz CT molecular complexity index is 1310. The molecule has 0 radical (unpaired) electrons. The number of benzene rings is 3. The number of para-hydroxylation sites is 1. The smallest absolute Gasteiger partial charge is 0.337 e. The Morgan fingerprint density at radius 2 is 1.48 bits per heavy atom. The number of carbonyl (C=O) groups excluding carboxylic acids is 1. The van der Waals surface area contributed by atoms with Crippen molar-refractivity contribution < 1.29 is 24.5 Å². The molecule has 0 unspecified atom stereocenters. The van der Waals surface area contributed by atoms with Gasteiger partial charge in [0.15, 0.2) is 17.5 Å². The first-order chi connectivity index (χ1) is 15.9. The van der Waals surface area contributed by atoms with Crippen LogP contribution in [0.1, 0.15) is 15.9 Å². The molecule has 0 aliphatic carbocycles. The number of carbonyl (C=O) groups is 1.